The second-order valence-electron chi connectivity index (χ2n) is 4.77. The number of rotatable bonds is 4. The number of ketones is 1. The number of carbonyl (C=O) groups excluding carboxylic acids is 1. The molecule has 1 atom stereocenters. The molecule has 4 heteroatoms. The summed E-state index contributed by atoms with van der Waals surface area (Å²) in [5.74, 6) is 0.392. The number of aromatic nitrogens is 1. The number of carbonyl (C=O) groups is 1. The van der Waals surface area contributed by atoms with E-state index < -0.39 is 0 Å². The fourth-order valence-corrected chi connectivity index (χ4v) is 2.05. The minimum absolute atomic E-state index is 0.0133. The summed E-state index contributed by atoms with van der Waals surface area (Å²) < 4.78 is 13.8. The van der Waals surface area contributed by atoms with Gasteiger partial charge in [0.15, 0.2) is 5.78 Å². The molecule has 2 rings (SSSR count). The molecule has 0 fully saturated rings. The highest BCUT2D eigenvalue weighted by atomic mass is 19.1. The normalized spacial score (nSPS) is 12.0. The first-order chi connectivity index (χ1) is 9.50. The molecule has 0 aliphatic heterocycles. The second kappa shape index (κ2) is 5.82. The number of halogens is 1. The van der Waals surface area contributed by atoms with Crippen LogP contribution in [0.15, 0.2) is 42.6 Å². The molecule has 0 N–H and O–H groups in total. The quantitative estimate of drug-likeness (QED) is 0.797. The Morgan fingerprint density at radius 3 is 2.65 bits per heavy atom. The highest BCUT2D eigenvalue weighted by molar-refractivity contribution is 5.94. The molecule has 2 aromatic rings. The van der Waals surface area contributed by atoms with E-state index in [1.165, 1.54) is 13.0 Å². The van der Waals surface area contributed by atoms with Crippen LogP contribution < -0.4 is 4.90 Å². The molecule has 0 radical (unpaired) electrons. The van der Waals surface area contributed by atoms with Crippen molar-refractivity contribution in [1.82, 2.24) is 4.98 Å². The van der Waals surface area contributed by atoms with Gasteiger partial charge in [-0.2, -0.15) is 0 Å². The highest BCUT2D eigenvalue weighted by Gasteiger charge is 2.17. The molecule has 0 bridgehead atoms. The van der Waals surface area contributed by atoms with E-state index in [2.05, 4.69) is 4.98 Å². The molecule has 0 aliphatic carbocycles. The van der Waals surface area contributed by atoms with Gasteiger partial charge in [0.05, 0.1) is 6.04 Å². The minimum atomic E-state index is -0.241. The Morgan fingerprint density at radius 2 is 2.00 bits per heavy atom. The van der Waals surface area contributed by atoms with Gasteiger partial charge in [-0.3, -0.25) is 4.79 Å². The van der Waals surface area contributed by atoms with Crippen LogP contribution in [0.2, 0.25) is 0 Å². The molecule has 20 heavy (non-hydrogen) atoms. The van der Waals surface area contributed by atoms with Gasteiger partial charge in [0.1, 0.15) is 11.6 Å². The van der Waals surface area contributed by atoms with Gasteiger partial charge in [-0.05, 0) is 32.0 Å². The van der Waals surface area contributed by atoms with Gasteiger partial charge in [-0.15, -0.1) is 0 Å². The molecule has 3 nitrogen and oxygen atoms in total. The lowest BCUT2D eigenvalue weighted by atomic mass is 10.1. The fourth-order valence-electron chi connectivity index (χ4n) is 2.05. The summed E-state index contributed by atoms with van der Waals surface area (Å²) >= 11 is 0. The summed E-state index contributed by atoms with van der Waals surface area (Å²) in [4.78, 5) is 17.5. The van der Waals surface area contributed by atoms with E-state index in [1.807, 2.05) is 24.9 Å². The minimum Gasteiger partial charge on any atom is -0.353 e. The standard InChI is InChI=1S/C16H17FN2O/c1-11(14-6-4-5-7-15(14)17)19(3)16-10-13(12(2)20)8-9-18-16/h4-11H,1-3H3. The van der Waals surface area contributed by atoms with Crippen LogP contribution in [0.25, 0.3) is 0 Å². The Balaban J connectivity index is 2.31. The van der Waals surface area contributed by atoms with E-state index >= 15 is 0 Å². The smallest absolute Gasteiger partial charge is 0.159 e. The van der Waals surface area contributed by atoms with E-state index in [-0.39, 0.29) is 17.6 Å². The average molecular weight is 272 g/mol. The molecule has 0 aliphatic rings. The zero-order valence-corrected chi connectivity index (χ0v) is 11.8. The van der Waals surface area contributed by atoms with Crippen molar-refractivity contribution in [1.29, 1.82) is 0 Å². The number of pyridine rings is 1. The first kappa shape index (κ1) is 14.2. The van der Waals surface area contributed by atoms with Gasteiger partial charge < -0.3 is 4.90 Å². The topological polar surface area (TPSA) is 33.2 Å². The Bertz CT molecular complexity index is 627. The fraction of sp³-hybridized carbons (Fsp3) is 0.250. The van der Waals surface area contributed by atoms with Crippen molar-refractivity contribution in [2.45, 2.75) is 19.9 Å². The molecule has 1 heterocycles. The molecule has 1 aromatic heterocycles. The Kier molecular flexibility index (Phi) is 4.13. The number of benzene rings is 1. The van der Waals surface area contributed by atoms with Gasteiger partial charge >= 0.3 is 0 Å². The van der Waals surface area contributed by atoms with E-state index in [9.17, 15) is 9.18 Å². The van der Waals surface area contributed by atoms with Crippen molar-refractivity contribution in [3.8, 4) is 0 Å². The molecule has 0 spiro atoms. The van der Waals surface area contributed by atoms with Crippen molar-refractivity contribution >= 4 is 11.6 Å². The van der Waals surface area contributed by atoms with Crippen LogP contribution in [0.1, 0.15) is 35.8 Å². The van der Waals surface area contributed by atoms with Gasteiger partial charge in [0, 0.05) is 24.4 Å². The zero-order chi connectivity index (χ0) is 14.7. The third kappa shape index (κ3) is 2.85. The largest absolute Gasteiger partial charge is 0.353 e. The van der Waals surface area contributed by atoms with Crippen LogP contribution >= 0.6 is 0 Å². The van der Waals surface area contributed by atoms with Gasteiger partial charge in [-0.1, -0.05) is 18.2 Å². The summed E-state index contributed by atoms with van der Waals surface area (Å²) in [5, 5.41) is 0. The van der Waals surface area contributed by atoms with Crippen LogP contribution in [0.3, 0.4) is 0 Å². The van der Waals surface area contributed by atoms with Crippen molar-refractivity contribution in [3.63, 3.8) is 0 Å². The van der Waals surface area contributed by atoms with Crippen LogP contribution in [0, 0.1) is 5.82 Å². The summed E-state index contributed by atoms with van der Waals surface area (Å²) in [6, 6.07) is 9.89. The molecule has 0 amide bonds. The average Bonchev–Trinajstić information content (AvgIpc) is 2.46. The van der Waals surface area contributed by atoms with Gasteiger partial charge in [0.25, 0.3) is 0 Å². The van der Waals surface area contributed by atoms with Gasteiger partial charge in [-0.25, -0.2) is 9.37 Å². The number of nitrogens with zero attached hydrogens (tertiary/aromatic N) is 2. The monoisotopic (exact) mass is 272 g/mol. The zero-order valence-electron chi connectivity index (χ0n) is 11.8. The summed E-state index contributed by atoms with van der Waals surface area (Å²) in [6.07, 6.45) is 1.59. The van der Waals surface area contributed by atoms with Crippen LogP contribution in [0.4, 0.5) is 10.2 Å². The van der Waals surface area contributed by atoms with Crippen LogP contribution in [0.5, 0.6) is 0 Å². The van der Waals surface area contributed by atoms with Crippen molar-refractivity contribution < 1.29 is 9.18 Å². The van der Waals surface area contributed by atoms with E-state index in [0.717, 1.165) is 0 Å². The highest BCUT2D eigenvalue weighted by Crippen LogP contribution is 2.25. The van der Waals surface area contributed by atoms with E-state index in [0.29, 0.717) is 16.9 Å². The third-order valence-corrected chi connectivity index (χ3v) is 3.45. The number of hydrogen-bond donors (Lipinski definition) is 0. The maximum absolute atomic E-state index is 13.8. The Morgan fingerprint density at radius 1 is 1.30 bits per heavy atom. The SMILES string of the molecule is CC(=O)c1ccnc(N(C)C(C)c2ccccc2F)c1. The lowest BCUT2D eigenvalue weighted by Gasteiger charge is -2.26. The summed E-state index contributed by atoms with van der Waals surface area (Å²) in [7, 11) is 1.84. The van der Waals surface area contributed by atoms with Crippen molar-refractivity contribution in [3.05, 3.63) is 59.5 Å². The van der Waals surface area contributed by atoms with E-state index in [4.69, 9.17) is 0 Å². The Hall–Kier alpha value is -2.23. The number of anilines is 1. The maximum atomic E-state index is 13.8. The molecule has 1 unspecified atom stereocenters. The lowest BCUT2D eigenvalue weighted by molar-refractivity contribution is 0.101. The molecule has 0 saturated heterocycles. The number of hydrogen-bond acceptors (Lipinski definition) is 3. The molecular formula is C16H17FN2O. The summed E-state index contributed by atoms with van der Waals surface area (Å²) in [6.45, 7) is 3.42. The maximum Gasteiger partial charge on any atom is 0.159 e. The molecule has 0 saturated carbocycles. The predicted molar refractivity (Wildman–Crippen MR) is 77.5 cm³/mol. The summed E-state index contributed by atoms with van der Waals surface area (Å²) in [5.41, 5.74) is 1.20. The van der Waals surface area contributed by atoms with Crippen molar-refractivity contribution in [2.75, 3.05) is 11.9 Å². The van der Waals surface area contributed by atoms with Gasteiger partial charge in [0.2, 0.25) is 0 Å². The molecule has 104 valence electrons. The second-order valence-corrected chi connectivity index (χ2v) is 4.77. The van der Waals surface area contributed by atoms with Crippen LogP contribution in [-0.2, 0) is 0 Å². The Labute approximate surface area is 118 Å². The van der Waals surface area contributed by atoms with Crippen LogP contribution in [-0.4, -0.2) is 17.8 Å². The predicted octanol–water partition coefficient (Wildman–Crippen LogP) is 3.62. The van der Waals surface area contributed by atoms with Crippen molar-refractivity contribution in [2.24, 2.45) is 0 Å². The molecule has 1 aromatic carbocycles. The lowest BCUT2D eigenvalue weighted by Crippen LogP contribution is -2.23. The first-order valence-electron chi connectivity index (χ1n) is 6.45. The third-order valence-electron chi connectivity index (χ3n) is 3.45. The first-order valence-corrected chi connectivity index (χ1v) is 6.45. The number of Topliss-reactive ketones (excluding diaryl/α,β-unsaturated/α-hetero) is 1. The molecular weight excluding hydrogens is 255 g/mol. The van der Waals surface area contributed by atoms with E-state index in [1.54, 1.807) is 30.5 Å².